The largest absolute Gasteiger partial charge is 0.489 e. The second kappa shape index (κ2) is 7.59. The first-order valence-corrected chi connectivity index (χ1v) is 6.73. The summed E-state index contributed by atoms with van der Waals surface area (Å²) in [7, 11) is 0. The van der Waals surface area contributed by atoms with Crippen molar-refractivity contribution in [2.45, 2.75) is 13.0 Å². The third-order valence-corrected chi connectivity index (χ3v) is 2.87. The van der Waals surface area contributed by atoms with Gasteiger partial charge in [-0.25, -0.2) is 0 Å². The van der Waals surface area contributed by atoms with Crippen molar-refractivity contribution in [1.29, 1.82) is 0 Å². The van der Waals surface area contributed by atoms with Gasteiger partial charge in [0.25, 0.3) is 0 Å². The van der Waals surface area contributed by atoms with E-state index in [1.54, 1.807) is 0 Å². The highest BCUT2D eigenvalue weighted by Crippen LogP contribution is 2.16. The maximum atomic E-state index is 8.69. The van der Waals surface area contributed by atoms with Crippen LogP contribution in [0.5, 0.6) is 5.75 Å². The fraction of sp³-hybridized carbons (Fsp3) is 0.176. The summed E-state index contributed by atoms with van der Waals surface area (Å²) in [5.74, 6) is 6.65. The van der Waals surface area contributed by atoms with Crippen LogP contribution in [-0.4, -0.2) is 11.7 Å². The molecule has 1 N–H and O–H groups in total. The Kier molecular flexibility index (Phi) is 5.49. The molecule has 0 radical (unpaired) electrons. The highest BCUT2D eigenvalue weighted by atomic mass is 35.5. The van der Waals surface area contributed by atoms with Crippen LogP contribution in [0.1, 0.15) is 17.5 Å². The van der Waals surface area contributed by atoms with Crippen LogP contribution >= 0.6 is 11.6 Å². The lowest BCUT2D eigenvalue weighted by molar-refractivity contribution is 0.305. The van der Waals surface area contributed by atoms with Crippen LogP contribution in [0.3, 0.4) is 0 Å². The molecule has 0 atom stereocenters. The Morgan fingerprint density at radius 3 is 2.65 bits per heavy atom. The minimum atomic E-state index is 0.0831. The molecule has 0 saturated heterocycles. The Morgan fingerprint density at radius 2 is 1.90 bits per heavy atom. The minimum Gasteiger partial charge on any atom is -0.489 e. The van der Waals surface area contributed by atoms with Crippen molar-refractivity contribution in [3.8, 4) is 17.6 Å². The van der Waals surface area contributed by atoms with E-state index in [1.807, 2.05) is 48.5 Å². The monoisotopic (exact) mass is 286 g/mol. The lowest BCUT2D eigenvalue weighted by Gasteiger charge is -2.06. The summed E-state index contributed by atoms with van der Waals surface area (Å²) in [4.78, 5) is 0. The number of ether oxygens (including phenoxy) is 1. The smallest absolute Gasteiger partial charge is 0.121 e. The molecule has 102 valence electrons. The average Bonchev–Trinajstić information content (AvgIpc) is 2.47. The first-order chi connectivity index (χ1) is 9.78. The van der Waals surface area contributed by atoms with Gasteiger partial charge in [0.05, 0.1) is 6.61 Å². The predicted molar refractivity (Wildman–Crippen MR) is 80.8 cm³/mol. The fourth-order valence-corrected chi connectivity index (χ4v) is 1.76. The maximum Gasteiger partial charge on any atom is 0.121 e. The van der Waals surface area contributed by atoms with Crippen LogP contribution in [0.25, 0.3) is 0 Å². The van der Waals surface area contributed by atoms with Crippen LogP contribution in [0.4, 0.5) is 0 Å². The third kappa shape index (κ3) is 4.62. The van der Waals surface area contributed by atoms with Gasteiger partial charge < -0.3 is 9.84 Å². The Labute approximate surface area is 124 Å². The lowest BCUT2D eigenvalue weighted by atomic mass is 10.2. The summed E-state index contributed by atoms with van der Waals surface area (Å²) < 4.78 is 5.72. The molecule has 0 aliphatic heterocycles. The molecular weight excluding hydrogens is 272 g/mol. The standard InChI is InChI=1S/C17H15ClO2/c18-16-9-7-15(8-10-16)13-20-17-6-3-5-14(12-17)4-1-2-11-19/h3,5-10,12,19H,2,11,13H2. The van der Waals surface area contributed by atoms with Gasteiger partial charge in [0, 0.05) is 17.0 Å². The number of aliphatic hydroxyl groups excluding tert-OH is 1. The molecule has 2 aromatic rings. The van der Waals surface area contributed by atoms with Gasteiger partial charge in [-0.1, -0.05) is 41.6 Å². The molecule has 0 fully saturated rings. The number of halogens is 1. The molecule has 0 aliphatic carbocycles. The molecule has 0 saturated carbocycles. The number of rotatable bonds is 4. The molecule has 0 bridgehead atoms. The molecule has 0 amide bonds. The number of benzene rings is 2. The summed E-state index contributed by atoms with van der Waals surface area (Å²) >= 11 is 5.84. The second-order valence-electron chi connectivity index (χ2n) is 4.22. The highest BCUT2D eigenvalue weighted by Gasteiger charge is 1.97. The van der Waals surface area contributed by atoms with Crippen molar-refractivity contribution in [3.63, 3.8) is 0 Å². The van der Waals surface area contributed by atoms with Crippen LogP contribution in [0.15, 0.2) is 48.5 Å². The summed E-state index contributed by atoms with van der Waals surface area (Å²) in [5, 5.41) is 9.41. The minimum absolute atomic E-state index is 0.0831. The SMILES string of the molecule is OCCC#Cc1cccc(OCc2ccc(Cl)cc2)c1. The number of hydrogen-bond donors (Lipinski definition) is 1. The van der Waals surface area contributed by atoms with Crippen LogP contribution in [-0.2, 0) is 6.61 Å². The van der Waals surface area contributed by atoms with E-state index in [-0.39, 0.29) is 6.61 Å². The van der Waals surface area contributed by atoms with Gasteiger partial charge in [-0.3, -0.25) is 0 Å². The molecule has 2 nitrogen and oxygen atoms in total. The first kappa shape index (κ1) is 14.5. The Hall–Kier alpha value is -1.95. The molecule has 2 rings (SSSR count). The highest BCUT2D eigenvalue weighted by molar-refractivity contribution is 6.30. The van der Waals surface area contributed by atoms with Gasteiger partial charge in [0.2, 0.25) is 0 Å². The maximum absolute atomic E-state index is 8.69. The van der Waals surface area contributed by atoms with E-state index in [0.29, 0.717) is 13.0 Å². The Bertz CT molecular complexity index is 609. The van der Waals surface area contributed by atoms with Crippen molar-refractivity contribution in [3.05, 3.63) is 64.7 Å². The summed E-state index contributed by atoms with van der Waals surface area (Å²) in [6.07, 6.45) is 0.482. The van der Waals surface area contributed by atoms with E-state index in [0.717, 1.165) is 21.9 Å². The summed E-state index contributed by atoms with van der Waals surface area (Å²) in [5.41, 5.74) is 1.94. The van der Waals surface area contributed by atoms with E-state index < -0.39 is 0 Å². The topological polar surface area (TPSA) is 29.5 Å². The summed E-state index contributed by atoms with van der Waals surface area (Å²) in [6, 6.07) is 15.2. The van der Waals surface area contributed by atoms with E-state index in [2.05, 4.69) is 11.8 Å². The zero-order chi connectivity index (χ0) is 14.2. The second-order valence-corrected chi connectivity index (χ2v) is 4.65. The van der Waals surface area contributed by atoms with E-state index in [4.69, 9.17) is 21.4 Å². The van der Waals surface area contributed by atoms with Gasteiger partial charge in [0.1, 0.15) is 12.4 Å². The van der Waals surface area contributed by atoms with E-state index in [1.165, 1.54) is 0 Å². The molecule has 0 heterocycles. The van der Waals surface area contributed by atoms with Crippen LogP contribution in [0, 0.1) is 11.8 Å². The molecule has 0 unspecified atom stereocenters. The molecule has 20 heavy (non-hydrogen) atoms. The van der Waals surface area contributed by atoms with E-state index >= 15 is 0 Å². The normalized spacial score (nSPS) is 9.70. The zero-order valence-corrected chi connectivity index (χ0v) is 11.7. The van der Waals surface area contributed by atoms with Crippen molar-refractivity contribution in [1.82, 2.24) is 0 Å². The van der Waals surface area contributed by atoms with Crippen LogP contribution in [0.2, 0.25) is 5.02 Å². The van der Waals surface area contributed by atoms with Crippen molar-refractivity contribution >= 4 is 11.6 Å². The van der Waals surface area contributed by atoms with Gasteiger partial charge >= 0.3 is 0 Å². The summed E-state index contributed by atoms with van der Waals surface area (Å²) in [6.45, 7) is 0.574. The quantitative estimate of drug-likeness (QED) is 0.869. The van der Waals surface area contributed by atoms with Gasteiger partial charge in [0.15, 0.2) is 0 Å². The first-order valence-electron chi connectivity index (χ1n) is 6.35. The molecule has 0 spiro atoms. The van der Waals surface area contributed by atoms with Gasteiger partial charge in [-0.2, -0.15) is 0 Å². The molecule has 0 aromatic heterocycles. The van der Waals surface area contributed by atoms with Gasteiger partial charge in [-0.15, -0.1) is 0 Å². The lowest BCUT2D eigenvalue weighted by Crippen LogP contribution is -1.95. The number of aliphatic hydroxyl groups is 1. The Morgan fingerprint density at radius 1 is 1.10 bits per heavy atom. The van der Waals surface area contributed by atoms with Crippen molar-refractivity contribution < 1.29 is 9.84 Å². The molecule has 3 heteroatoms. The van der Waals surface area contributed by atoms with Crippen molar-refractivity contribution in [2.24, 2.45) is 0 Å². The fourth-order valence-electron chi connectivity index (χ4n) is 1.63. The van der Waals surface area contributed by atoms with Crippen LogP contribution < -0.4 is 4.74 Å². The number of hydrogen-bond acceptors (Lipinski definition) is 2. The molecule has 2 aromatic carbocycles. The molecule has 0 aliphatic rings. The Balaban J connectivity index is 1.98. The third-order valence-electron chi connectivity index (χ3n) is 2.62. The predicted octanol–water partition coefficient (Wildman–Crippen LogP) is 3.65. The zero-order valence-electron chi connectivity index (χ0n) is 11.0. The molecular formula is C17H15ClO2. The van der Waals surface area contributed by atoms with Crippen molar-refractivity contribution in [2.75, 3.05) is 6.61 Å². The van der Waals surface area contributed by atoms with Gasteiger partial charge in [-0.05, 0) is 35.9 Å². The van der Waals surface area contributed by atoms with E-state index in [9.17, 15) is 0 Å². The average molecular weight is 287 g/mol.